The second-order valence-corrected chi connectivity index (χ2v) is 3.56. The Morgan fingerprint density at radius 1 is 1.22 bits per heavy atom. The zero-order valence-electron chi connectivity index (χ0n) is 9.89. The summed E-state index contributed by atoms with van der Waals surface area (Å²) in [7, 11) is 3.55. The molecule has 0 amide bonds. The van der Waals surface area contributed by atoms with Crippen LogP contribution in [0.3, 0.4) is 0 Å². The monoisotopic (exact) mass is 254 g/mol. The Bertz CT molecular complexity index is 524. The van der Waals surface area contributed by atoms with Crippen LogP contribution in [0.15, 0.2) is 24.3 Å². The van der Waals surface area contributed by atoms with E-state index in [9.17, 15) is 8.78 Å². The highest BCUT2D eigenvalue weighted by Gasteiger charge is 2.10. The van der Waals surface area contributed by atoms with E-state index in [1.54, 1.807) is 23.7 Å². The summed E-state index contributed by atoms with van der Waals surface area (Å²) in [6, 6.07) is 6.24. The van der Waals surface area contributed by atoms with Crippen molar-refractivity contribution in [3.8, 4) is 17.1 Å². The van der Waals surface area contributed by atoms with E-state index >= 15 is 0 Å². The maximum Gasteiger partial charge on any atom is 0.387 e. The van der Waals surface area contributed by atoms with E-state index in [0.29, 0.717) is 11.8 Å². The molecule has 1 heterocycles. The third kappa shape index (κ3) is 2.39. The predicted octanol–water partition coefficient (Wildman–Crippen LogP) is 2.13. The largest absolute Gasteiger partial charge is 0.435 e. The predicted molar refractivity (Wildman–Crippen MR) is 62.6 cm³/mol. The molecule has 0 bridgehead atoms. The number of ether oxygens (including phenoxy) is 1. The molecular formula is C11H12F2N4O. The van der Waals surface area contributed by atoms with Gasteiger partial charge >= 0.3 is 6.61 Å². The molecule has 5 nitrogen and oxygen atoms in total. The molecule has 0 saturated heterocycles. The van der Waals surface area contributed by atoms with Crippen molar-refractivity contribution in [3.63, 3.8) is 0 Å². The first-order valence-corrected chi connectivity index (χ1v) is 5.24. The number of alkyl halides is 2. The van der Waals surface area contributed by atoms with Crippen LogP contribution in [0, 0.1) is 0 Å². The molecular weight excluding hydrogens is 242 g/mol. The molecule has 1 aromatic heterocycles. The molecule has 1 aromatic carbocycles. The van der Waals surface area contributed by atoms with E-state index in [1.165, 1.54) is 12.1 Å². The average molecular weight is 254 g/mol. The summed E-state index contributed by atoms with van der Waals surface area (Å²) in [4.78, 5) is 0. The Morgan fingerprint density at radius 3 is 2.39 bits per heavy atom. The van der Waals surface area contributed by atoms with Crippen LogP contribution in [-0.4, -0.2) is 28.4 Å². The van der Waals surface area contributed by atoms with Gasteiger partial charge in [0.2, 0.25) is 5.95 Å². The Balaban J connectivity index is 2.26. The zero-order chi connectivity index (χ0) is 13.1. The van der Waals surface area contributed by atoms with Crippen molar-refractivity contribution in [2.45, 2.75) is 6.61 Å². The number of hydrogen-bond donors (Lipinski definition) is 1. The summed E-state index contributed by atoms with van der Waals surface area (Å²) >= 11 is 0. The van der Waals surface area contributed by atoms with E-state index in [-0.39, 0.29) is 5.75 Å². The molecule has 96 valence electrons. The third-order valence-corrected chi connectivity index (χ3v) is 2.44. The maximum absolute atomic E-state index is 12.0. The molecule has 1 N–H and O–H groups in total. The van der Waals surface area contributed by atoms with Crippen molar-refractivity contribution < 1.29 is 13.5 Å². The Hall–Kier alpha value is -2.18. The summed E-state index contributed by atoms with van der Waals surface area (Å²) < 4.78 is 30.0. The first kappa shape index (κ1) is 12.3. The lowest BCUT2D eigenvalue weighted by Crippen LogP contribution is -2.02. The summed E-state index contributed by atoms with van der Waals surface area (Å²) in [5.74, 6) is 1.38. The van der Waals surface area contributed by atoms with E-state index in [0.717, 1.165) is 5.56 Å². The third-order valence-electron chi connectivity index (χ3n) is 2.44. The number of hydrogen-bond acceptors (Lipinski definition) is 4. The second kappa shape index (κ2) is 4.99. The SMILES string of the molecule is CNc1nnc(-c2ccc(OC(F)F)cc2)n1C. The number of anilines is 1. The topological polar surface area (TPSA) is 52.0 Å². The van der Waals surface area contributed by atoms with Gasteiger partial charge in [-0.25, -0.2) is 0 Å². The van der Waals surface area contributed by atoms with Gasteiger partial charge in [-0.1, -0.05) is 0 Å². The normalized spacial score (nSPS) is 10.7. The van der Waals surface area contributed by atoms with E-state index < -0.39 is 6.61 Å². The summed E-state index contributed by atoms with van der Waals surface area (Å²) in [6.07, 6.45) is 0. The van der Waals surface area contributed by atoms with Gasteiger partial charge in [0.1, 0.15) is 5.75 Å². The lowest BCUT2D eigenvalue weighted by atomic mass is 10.2. The Kier molecular flexibility index (Phi) is 3.40. The molecule has 2 rings (SSSR count). The number of nitrogens with zero attached hydrogens (tertiary/aromatic N) is 3. The Morgan fingerprint density at radius 2 is 1.89 bits per heavy atom. The second-order valence-electron chi connectivity index (χ2n) is 3.56. The highest BCUT2D eigenvalue weighted by molar-refractivity contribution is 5.58. The van der Waals surface area contributed by atoms with Gasteiger partial charge < -0.3 is 10.1 Å². The number of rotatable bonds is 4. The smallest absolute Gasteiger partial charge is 0.387 e. The van der Waals surface area contributed by atoms with Crippen LogP contribution in [-0.2, 0) is 7.05 Å². The van der Waals surface area contributed by atoms with Crippen molar-refractivity contribution in [1.29, 1.82) is 0 Å². The van der Waals surface area contributed by atoms with Crippen molar-refractivity contribution in [2.75, 3.05) is 12.4 Å². The molecule has 0 radical (unpaired) electrons. The molecule has 0 fully saturated rings. The average Bonchev–Trinajstić information content (AvgIpc) is 2.71. The molecule has 0 atom stereocenters. The van der Waals surface area contributed by atoms with Crippen LogP contribution in [0.5, 0.6) is 5.75 Å². The van der Waals surface area contributed by atoms with E-state index in [4.69, 9.17) is 0 Å². The lowest BCUT2D eigenvalue weighted by molar-refractivity contribution is -0.0498. The molecule has 0 saturated carbocycles. The van der Waals surface area contributed by atoms with Crippen molar-refractivity contribution in [1.82, 2.24) is 14.8 Å². The minimum atomic E-state index is -2.82. The summed E-state index contributed by atoms with van der Waals surface area (Å²) in [6.45, 7) is -2.82. The highest BCUT2D eigenvalue weighted by Crippen LogP contribution is 2.22. The molecule has 0 aliphatic rings. The molecule has 0 aliphatic carbocycles. The van der Waals surface area contributed by atoms with Crippen molar-refractivity contribution >= 4 is 5.95 Å². The Labute approximate surface area is 102 Å². The van der Waals surface area contributed by atoms with Crippen molar-refractivity contribution in [2.24, 2.45) is 7.05 Å². The maximum atomic E-state index is 12.0. The van der Waals surface area contributed by atoms with Gasteiger partial charge in [-0.2, -0.15) is 8.78 Å². The number of nitrogens with one attached hydrogen (secondary N) is 1. The fourth-order valence-corrected chi connectivity index (χ4v) is 1.58. The van der Waals surface area contributed by atoms with Gasteiger partial charge in [0.05, 0.1) is 0 Å². The fourth-order valence-electron chi connectivity index (χ4n) is 1.58. The quantitative estimate of drug-likeness (QED) is 0.908. The van der Waals surface area contributed by atoms with Crippen LogP contribution in [0.25, 0.3) is 11.4 Å². The molecule has 0 unspecified atom stereocenters. The standard InChI is InChI=1S/C11H12F2N4O/c1-14-11-16-15-9(17(11)2)7-3-5-8(6-4-7)18-10(12)13/h3-6,10H,1-2H3,(H,14,16). The van der Waals surface area contributed by atoms with Gasteiger partial charge in [0.25, 0.3) is 0 Å². The number of aromatic nitrogens is 3. The van der Waals surface area contributed by atoms with Crippen LogP contribution in [0.4, 0.5) is 14.7 Å². The summed E-state index contributed by atoms with van der Waals surface area (Å²) in [5, 5.41) is 10.8. The van der Waals surface area contributed by atoms with E-state index in [1.807, 2.05) is 7.05 Å². The molecule has 0 spiro atoms. The fraction of sp³-hybridized carbons (Fsp3) is 0.273. The van der Waals surface area contributed by atoms with Crippen LogP contribution in [0.2, 0.25) is 0 Å². The molecule has 0 aliphatic heterocycles. The number of benzene rings is 1. The van der Waals surface area contributed by atoms with Gasteiger partial charge in [0, 0.05) is 19.7 Å². The first-order chi connectivity index (χ1) is 8.61. The van der Waals surface area contributed by atoms with Gasteiger partial charge in [0.15, 0.2) is 5.82 Å². The van der Waals surface area contributed by atoms with Crippen LogP contribution < -0.4 is 10.1 Å². The minimum absolute atomic E-state index is 0.116. The van der Waals surface area contributed by atoms with E-state index in [2.05, 4.69) is 20.3 Å². The van der Waals surface area contributed by atoms with Crippen LogP contribution in [0.1, 0.15) is 0 Å². The lowest BCUT2D eigenvalue weighted by Gasteiger charge is -2.06. The zero-order valence-corrected chi connectivity index (χ0v) is 9.89. The van der Waals surface area contributed by atoms with Gasteiger partial charge in [-0.15, -0.1) is 10.2 Å². The van der Waals surface area contributed by atoms with Gasteiger partial charge in [-0.05, 0) is 24.3 Å². The van der Waals surface area contributed by atoms with Crippen molar-refractivity contribution in [3.05, 3.63) is 24.3 Å². The van der Waals surface area contributed by atoms with Crippen LogP contribution >= 0.6 is 0 Å². The summed E-state index contributed by atoms with van der Waals surface area (Å²) in [5.41, 5.74) is 0.771. The molecule has 18 heavy (non-hydrogen) atoms. The molecule has 7 heteroatoms. The highest BCUT2D eigenvalue weighted by atomic mass is 19.3. The molecule has 2 aromatic rings. The first-order valence-electron chi connectivity index (χ1n) is 5.24. The minimum Gasteiger partial charge on any atom is -0.435 e. The van der Waals surface area contributed by atoms with Gasteiger partial charge in [-0.3, -0.25) is 4.57 Å². The number of halogens is 2.